The molecule has 158 valence electrons. The fourth-order valence-electron chi connectivity index (χ4n) is 3.08. The van der Waals surface area contributed by atoms with Crippen molar-refractivity contribution in [2.45, 2.75) is 25.3 Å². The minimum absolute atomic E-state index is 0.0760. The second-order valence-electron chi connectivity index (χ2n) is 6.53. The third-order valence-corrected chi connectivity index (χ3v) is 4.74. The Morgan fingerprint density at radius 1 is 1.10 bits per heavy atom. The van der Waals surface area contributed by atoms with Gasteiger partial charge in [-0.15, -0.1) is 0 Å². The van der Waals surface area contributed by atoms with Crippen molar-refractivity contribution in [2.24, 2.45) is 0 Å². The SMILES string of the molecule is CCOC(=O)/C(=C/c1ccccc1)C[C@@H]([C@@H](C[N+](=O)[O-])c1ccc(Cl)cc1)[N+](=O)[O-]. The van der Waals surface area contributed by atoms with Crippen LogP contribution in [0.1, 0.15) is 30.4 Å². The molecule has 0 aromatic heterocycles. The molecule has 2 aromatic carbocycles. The zero-order valence-corrected chi connectivity index (χ0v) is 17.0. The average Bonchev–Trinajstić information content (AvgIpc) is 2.71. The van der Waals surface area contributed by atoms with Gasteiger partial charge in [0.05, 0.1) is 6.61 Å². The van der Waals surface area contributed by atoms with Crippen molar-refractivity contribution in [3.8, 4) is 0 Å². The van der Waals surface area contributed by atoms with Crippen LogP contribution in [0.25, 0.3) is 6.08 Å². The lowest BCUT2D eigenvalue weighted by Gasteiger charge is -2.19. The first-order valence-corrected chi connectivity index (χ1v) is 9.63. The monoisotopic (exact) mass is 432 g/mol. The van der Waals surface area contributed by atoms with Crippen molar-refractivity contribution in [2.75, 3.05) is 13.2 Å². The Balaban J connectivity index is 2.46. The van der Waals surface area contributed by atoms with Gasteiger partial charge in [0.25, 0.3) is 0 Å². The van der Waals surface area contributed by atoms with E-state index in [9.17, 15) is 25.0 Å². The predicted molar refractivity (Wildman–Crippen MR) is 113 cm³/mol. The van der Waals surface area contributed by atoms with Crippen molar-refractivity contribution >= 4 is 23.6 Å². The van der Waals surface area contributed by atoms with Crippen molar-refractivity contribution in [3.63, 3.8) is 0 Å². The molecule has 0 saturated heterocycles. The van der Waals surface area contributed by atoms with Crippen LogP contribution in [-0.2, 0) is 9.53 Å². The van der Waals surface area contributed by atoms with Crippen LogP contribution in [0.15, 0.2) is 60.2 Å². The first kappa shape index (κ1) is 23.0. The summed E-state index contributed by atoms with van der Waals surface area (Å²) >= 11 is 5.88. The lowest BCUT2D eigenvalue weighted by Crippen LogP contribution is -2.33. The maximum Gasteiger partial charge on any atom is 0.334 e. The van der Waals surface area contributed by atoms with Crippen molar-refractivity contribution in [1.82, 2.24) is 0 Å². The van der Waals surface area contributed by atoms with E-state index in [1.807, 2.05) is 0 Å². The molecule has 9 heteroatoms. The molecule has 0 saturated carbocycles. The number of carbonyl (C=O) groups excluding carboxylic acids is 1. The standard InChI is InChI=1S/C21H21ClN2O6/c1-2-30-21(25)17(12-15-6-4-3-5-7-15)13-20(24(28)29)19(14-23(26)27)16-8-10-18(22)11-9-16/h3-12,19-20H,2,13-14H2,1H3/b17-12+/t19-,20-/m0/s1. The second kappa shape index (κ2) is 11.1. The summed E-state index contributed by atoms with van der Waals surface area (Å²) < 4.78 is 5.06. The Labute approximate surface area is 178 Å². The summed E-state index contributed by atoms with van der Waals surface area (Å²) in [4.78, 5) is 34.4. The third kappa shape index (κ3) is 6.66. The highest BCUT2D eigenvalue weighted by Gasteiger charge is 2.38. The highest BCUT2D eigenvalue weighted by atomic mass is 35.5. The molecule has 0 amide bonds. The van der Waals surface area contributed by atoms with E-state index in [1.165, 1.54) is 30.3 Å². The Bertz CT molecular complexity index is 915. The van der Waals surface area contributed by atoms with Gasteiger partial charge in [-0.2, -0.15) is 0 Å². The summed E-state index contributed by atoms with van der Waals surface area (Å²) in [5.41, 5.74) is 1.15. The molecule has 8 nitrogen and oxygen atoms in total. The number of carbonyl (C=O) groups is 1. The van der Waals surface area contributed by atoms with E-state index in [0.29, 0.717) is 16.1 Å². The number of hydrogen-bond acceptors (Lipinski definition) is 6. The van der Waals surface area contributed by atoms with E-state index in [-0.39, 0.29) is 18.6 Å². The van der Waals surface area contributed by atoms with Crippen LogP contribution >= 0.6 is 11.6 Å². The van der Waals surface area contributed by atoms with E-state index < -0.39 is 34.3 Å². The molecule has 0 radical (unpaired) electrons. The van der Waals surface area contributed by atoms with Crippen LogP contribution in [0.4, 0.5) is 0 Å². The molecule has 0 aliphatic carbocycles. The van der Waals surface area contributed by atoms with Crippen LogP contribution in [0.5, 0.6) is 0 Å². The minimum Gasteiger partial charge on any atom is -0.463 e. The maximum atomic E-state index is 12.5. The van der Waals surface area contributed by atoms with Gasteiger partial charge in [0.1, 0.15) is 5.92 Å². The van der Waals surface area contributed by atoms with Crippen LogP contribution in [0.3, 0.4) is 0 Å². The Kier molecular flexibility index (Phi) is 8.49. The average molecular weight is 433 g/mol. The Morgan fingerprint density at radius 2 is 1.73 bits per heavy atom. The van der Waals surface area contributed by atoms with Gasteiger partial charge in [-0.05, 0) is 36.3 Å². The molecule has 30 heavy (non-hydrogen) atoms. The molecule has 0 fully saturated rings. The summed E-state index contributed by atoms with van der Waals surface area (Å²) in [7, 11) is 0. The molecule has 0 N–H and O–H groups in total. The first-order chi connectivity index (χ1) is 14.3. The summed E-state index contributed by atoms with van der Waals surface area (Å²) in [5.74, 6) is -1.75. The summed E-state index contributed by atoms with van der Waals surface area (Å²) in [6.07, 6.45) is 1.20. The molecule has 2 atom stereocenters. The number of nitro groups is 2. The lowest BCUT2D eigenvalue weighted by molar-refractivity contribution is -0.546. The molecule has 0 heterocycles. The number of nitrogens with zero attached hydrogens (tertiary/aromatic N) is 2. The molecule has 0 aliphatic rings. The Hall–Kier alpha value is -3.26. The van der Waals surface area contributed by atoms with Gasteiger partial charge in [0, 0.05) is 26.9 Å². The van der Waals surface area contributed by atoms with Crippen molar-refractivity contribution in [3.05, 3.63) is 96.5 Å². The zero-order valence-electron chi connectivity index (χ0n) is 16.3. The third-order valence-electron chi connectivity index (χ3n) is 4.49. The molecule has 0 bridgehead atoms. The first-order valence-electron chi connectivity index (χ1n) is 9.25. The molecular weight excluding hydrogens is 412 g/mol. The molecule has 0 unspecified atom stereocenters. The molecule has 0 aliphatic heterocycles. The highest BCUT2D eigenvalue weighted by molar-refractivity contribution is 6.30. The molecule has 2 aromatic rings. The maximum absolute atomic E-state index is 12.5. The van der Waals surface area contributed by atoms with Crippen LogP contribution < -0.4 is 0 Å². The highest BCUT2D eigenvalue weighted by Crippen LogP contribution is 2.29. The molecular formula is C21H21ClN2O6. The van der Waals surface area contributed by atoms with Crippen LogP contribution in [0, 0.1) is 20.2 Å². The fraction of sp³-hybridized carbons (Fsp3) is 0.286. The summed E-state index contributed by atoms with van der Waals surface area (Å²) in [6.45, 7) is 1.07. The number of halogens is 1. The van der Waals surface area contributed by atoms with Gasteiger partial charge in [-0.3, -0.25) is 20.2 Å². The number of ether oxygens (including phenoxy) is 1. The number of rotatable bonds is 10. The molecule has 2 rings (SSSR count). The van der Waals surface area contributed by atoms with Crippen molar-refractivity contribution in [1.29, 1.82) is 0 Å². The van der Waals surface area contributed by atoms with E-state index in [4.69, 9.17) is 16.3 Å². The van der Waals surface area contributed by atoms with Gasteiger partial charge < -0.3 is 4.74 Å². The number of hydrogen-bond donors (Lipinski definition) is 0. The zero-order chi connectivity index (χ0) is 22.1. The molecule has 0 spiro atoms. The van der Waals surface area contributed by atoms with Gasteiger partial charge in [-0.1, -0.05) is 54.1 Å². The minimum atomic E-state index is -1.41. The quantitative estimate of drug-likeness (QED) is 0.238. The van der Waals surface area contributed by atoms with Crippen LogP contribution in [-0.4, -0.2) is 35.0 Å². The number of esters is 1. The van der Waals surface area contributed by atoms with E-state index in [0.717, 1.165) is 0 Å². The lowest BCUT2D eigenvalue weighted by atomic mass is 9.87. The topological polar surface area (TPSA) is 113 Å². The fourth-order valence-corrected chi connectivity index (χ4v) is 3.21. The smallest absolute Gasteiger partial charge is 0.334 e. The number of benzene rings is 2. The normalized spacial score (nSPS) is 13.3. The van der Waals surface area contributed by atoms with Crippen molar-refractivity contribution < 1.29 is 19.4 Å². The second-order valence-corrected chi connectivity index (χ2v) is 6.97. The van der Waals surface area contributed by atoms with Gasteiger partial charge >= 0.3 is 5.97 Å². The largest absolute Gasteiger partial charge is 0.463 e. The summed E-state index contributed by atoms with van der Waals surface area (Å²) in [6, 6.07) is 13.5. The van der Waals surface area contributed by atoms with E-state index in [2.05, 4.69) is 0 Å². The Morgan fingerprint density at radius 3 is 2.27 bits per heavy atom. The van der Waals surface area contributed by atoms with E-state index in [1.54, 1.807) is 37.3 Å². The summed E-state index contributed by atoms with van der Waals surface area (Å²) in [5, 5.41) is 23.6. The van der Waals surface area contributed by atoms with E-state index >= 15 is 0 Å². The van der Waals surface area contributed by atoms with Crippen LogP contribution in [0.2, 0.25) is 5.02 Å². The van der Waals surface area contributed by atoms with Gasteiger partial charge in [0.2, 0.25) is 12.6 Å². The van der Waals surface area contributed by atoms with Gasteiger partial charge in [0.15, 0.2) is 0 Å². The predicted octanol–water partition coefficient (Wildman–Crippen LogP) is 4.38. The van der Waals surface area contributed by atoms with Gasteiger partial charge in [-0.25, -0.2) is 4.79 Å².